The van der Waals surface area contributed by atoms with Crippen molar-refractivity contribution in [1.29, 1.82) is 0 Å². The molecule has 0 aliphatic carbocycles. The van der Waals surface area contributed by atoms with E-state index >= 15 is 0 Å². The molecule has 0 atom stereocenters. The van der Waals surface area contributed by atoms with E-state index in [4.69, 9.17) is 17.3 Å². The Morgan fingerprint density at radius 1 is 1.12 bits per heavy atom. The minimum atomic E-state index is -0.402. The minimum absolute atomic E-state index is 0.177. The maximum Gasteiger partial charge on any atom is 0.271 e. The van der Waals surface area contributed by atoms with Crippen LogP contribution < -0.4 is 27.4 Å². The number of nitrogens with two attached hydrogens (primary N) is 1. The lowest BCUT2D eigenvalue weighted by Crippen LogP contribution is -2.40. The van der Waals surface area contributed by atoms with Gasteiger partial charge in [-0.05, 0) is 32.9 Å². The minimum Gasteiger partial charge on any atom is -0.393 e. The van der Waals surface area contributed by atoms with Crippen LogP contribution in [0.4, 0.5) is 17.3 Å². The number of carbonyl (C=O) groups excluding carboxylic acids is 1. The van der Waals surface area contributed by atoms with Gasteiger partial charge in [0.25, 0.3) is 5.91 Å². The number of halogens is 1. The first kappa shape index (κ1) is 17.8. The van der Waals surface area contributed by atoms with E-state index in [1.807, 2.05) is 20.8 Å². The van der Waals surface area contributed by atoms with Crippen LogP contribution in [0.3, 0.4) is 0 Å². The molecule has 0 unspecified atom stereocenters. The summed E-state index contributed by atoms with van der Waals surface area (Å²) in [6.45, 7) is 5.96. The predicted octanol–water partition coefficient (Wildman–Crippen LogP) is 2.18. The van der Waals surface area contributed by atoms with Crippen molar-refractivity contribution in [3.63, 3.8) is 0 Å². The Hall–Kier alpha value is -2.58. The second-order valence-electron chi connectivity index (χ2n) is 6.04. The van der Waals surface area contributed by atoms with E-state index in [1.165, 1.54) is 6.33 Å². The molecular weight excluding hydrogens is 330 g/mol. The third-order valence-corrected chi connectivity index (χ3v) is 3.18. The van der Waals surface area contributed by atoms with Gasteiger partial charge in [0, 0.05) is 5.54 Å². The SMILES string of the molecule is CC(C)(C)NNc1ncnc(NNC(=O)c2ccccc2Cl)c1N. The highest BCUT2D eigenvalue weighted by atomic mass is 35.5. The van der Waals surface area contributed by atoms with Gasteiger partial charge in [-0.15, -0.1) is 0 Å². The maximum atomic E-state index is 12.1. The molecule has 0 spiro atoms. The Labute approximate surface area is 145 Å². The van der Waals surface area contributed by atoms with Gasteiger partial charge in [0.15, 0.2) is 11.6 Å². The van der Waals surface area contributed by atoms with Crippen molar-refractivity contribution in [2.24, 2.45) is 0 Å². The smallest absolute Gasteiger partial charge is 0.271 e. The molecule has 1 aromatic carbocycles. The molecule has 0 saturated carbocycles. The van der Waals surface area contributed by atoms with Crippen LogP contribution in [0.5, 0.6) is 0 Å². The summed E-state index contributed by atoms with van der Waals surface area (Å²) in [5, 5.41) is 0.351. The Bertz CT molecular complexity index is 730. The van der Waals surface area contributed by atoms with Gasteiger partial charge >= 0.3 is 0 Å². The molecule has 0 saturated heterocycles. The average molecular weight is 350 g/mol. The number of hydrogen-bond donors (Lipinski definition) is 5. The number of aromatic nitrogens is 2. The van der Waals surface area contributed by atoms with Crippen molar-refractivity contribution in [2.45, 2.75) is 26.3 Å². The lowest BCUT2D eigenvalue weighted by Gasteiger charge is -2.22. The summed E-state index contributed by atoms with van der Waals surface area (Å²) in [7, 11) is 0. The summed E-state index contributed by atoms with van der Waals surface area (Å²) in [4.78, 5) is 20.2. The van der Waals surface area contributed by atoms with Crippen molar-refractivity contribution in [2.75, 3.05) is 16.6 Å². The number of hydrazine groups is 2. The Morgan fingerprint density at radius 3 is 2.38 bits per heavy atom. The lowest BCUT2D eigenvalue weighted by atomic mass is 10.1. The first-order valence-electron chi connectivity index (χ1n) is 7.22. The number of anilines is 3. The molecule has 8 nitrogen and oxygen atoms in total. The van der Waals surface area contributed by atoms with Gasteiger partial charge in [0.1, 0.15) is 12.0 Å². The van der Waals surface area contributed by atoms with E-state index in [2.05, 4.69) is 31.7 Å². The monoisotopic (exact) mass is 349 g/mol. The standard InChI is InChI=1S/C15H20ClN7O/c1-15(2,3)23-21-13-11(17)12(18-8-19-13)20-22-14(24)9-6-4-5-7-10(9)16/h4-8,23H,17H2,1-3H3,(H,22,24)(H2,18,19,20,21). The van der Waals surface area contributed by atoms with E-state index in [-0.39, 0.29) is 17.0 Å². The van der Waals surface area contributed by atoms with Crippen molar-refractivity contribution in [3.05, 3.63) is 41.2 Å². The van der Waals surface area contributed by atoms with Crippen LogP contribution in [0.1, 0.15) is 31.1 Å². The van der Waals surface area contributed by atoms with E-state index < -0.39 is 5.91 Å². The number of amides is 1. The molecule has 1 amide bonds. The topological polar surface area (TPSA) is 117 Å². The molecule has 6 N–H and O–H groups in total. The summed E-state index contributed by atoms with van der Waals surface area (Å²) < 4.78 is 0. The first-order valence-corrected chi connectivity index (χ1v) is 7.60. The largest absolute Gasteiger partial charge is 0.393 e. The van der Waals surface area contributed by atoms with Gasteiger partial charge in [-0.1, -0.05) is 23.7 Å². The molecule has 1 heterocycles. The van der Waals surface area contributed by atoms with E-state index in [0.29, 0.717) is 16.4 Å². The summed E-state index contributed by atoms with van der Waals surface area (Å²) in [6, 6.07) is 6.72. The number of nitrogens with zero attached hydrogens (tertiary/aromatic N) is 2. The van der Waals surface area contributed by atoms with E-state index in [1.54, 1.807) is 24.3 Å². The Balaban J connectivity index is 2.05. The van der Waals surface area contributed by atoms with Crippen molar-refractivity contribution < 1.29 is 4.79 Å². The summed E-state index contributed by atoms with van der Waals surface area (Å²) >= 11 is 5.98. The van der Waals surface area contributed by atoms with Crippen LogP contribution in [0.25, 0.3) is 0 Å². The molecule has 0 fully saturated rings. The summed E-state index contributed by atoms with van der Waals surface area (Å²) in [5.74, 6) is 0.263. The van der Waals surface area contributed by atoms with E-state index in [0.717, 1.165) is 0 Å². The molecule has 128 valence electrons. The highest BCUT2D eigenvalue weighted by Gasteiger charge is 2.14. The van der Waals surface area contributed by atoms with E-state index in [9.17, 15) is 4.79 Å². The maximum absolute atomic E-state index is 12.1. The number of carbonyl (C=O) groups is 1. The Kier molecular flexibility index (Phi) is 5.42. The highest BCUT2D eigenvalue weighted by Crippen LogP contribution is 2.21. The summed E-state index contributed by atoms with van der Waals surface area (Å²) in [6.07, 6.45) is 1.33. The fourth-order valence-electron chi connectivity index (χ4n) is 1.67. The van der Waals surface area contributed by atoms with Gasteiger partial charge in [0.05, 0.1) is 10.6 Å². The average Bonchev–Trinajstić information content (AvgIpc) is 2.52. The van der Waals surface area contributed by atoms with Crippen molar-refractivity contribution >= 4 is 34.8 Å². The molecule has 1 aromatic heterocycles. The zero-order valence-electron chi connectivity index (χ0n) is 13.6. The van der Waals surface area contributed by atoms with Crippen LogP contribution in [0, 0.1) is 0 Å². The van der Waals surface area contributed by atoms with Gasteiger partial charge in [-0.25, -0.2) is 15.4 Å². The first-order chi connectivity index (χ1) is 11.3. The van der Waals surface area contributed by atoms with Crippen molar-refractivity contribution in [3.8, 4) is 0 Å². The van der Waals surface area contributed by atoms with Crippen LogP contribution >= 0.6 is 11.6 Å². The third kappa shape index (κ3) is 4.71. The van der Waals surface area contributed by atoms with Gasteiger partial charge < -0.3 is 11.2 Å². The highest BCUT2D eigenvalue weighted by molar-refractivity contribution is 6.33. The molecule has 0 radical (unpaired) electrons. The molecule has 0 bridgehead atoms. The second kappa shape index (κ2) is 7.33. The lowest BCUT2D eigenvalue weighted by molar-refractivity contribution is 0.0962. The molecule has 2 rings (SSSR count). The normalized spacial score (nSPS) is 11.0. The van der Waals surface area contributed by atoms with Crippen LogP contribution in [-0.4, -0.2) is 21.4 Å². The molecule has 2 aromatic rings. The zero-order chi connectivity index (χ0) is 17.7. The number of hydrogen-bond acceptors (Lipinski definition) is 7. The fraction of sp³-hybridized carbons (Fsp3) is 0.267. The number of nitrogen functional groups attached to an aromatic ring is 1. The third-order valence-electron chi connectivity index (χ3n) is 2.85. The molecular formula is C15H20ClN7O. The fourth-order valence-corrected chi connectivity index (χ4v) is 1.89. The number of nitrogens with one attached hydrogen (secondary N) is 4. The Morgan fingerprint density at radius 2 is 1.75 bits per heavy atom. The van der Waals surface area contributed by atoms with Crippen LogP contribution in [0.15, 0.2) is 30.6 Å². The number of rotatable bonds is 5. The predicted molar refractivity (Wildman–Crippen MR) is 95.5 cm³/mol. The quantitative estimate of drug-likeness (QED) is 0.525. The molecule has 24 heavy (non-hydrogen) atoms. The molecule has 0 aliphatic rings. The number of benzene rings is 1. The zero-order valence-corrected chi connectivity index (χ0v) is 14.4. The van der Waals surface area contributed by atoms with Gasteiger partial charge in [-0.3, -0.25) is 15.6 Å². The molecule has 9 heteroatoms. The second-order valence-corrected chi connectivity index (χ2v) is 6.45. The van der Waals surface area contributed by atoms with Crippen LogP contribution in [-0.2, 0) is 0 Å². The van der Waals surface area contributed by atoms with Crippen LogP contribution in [0.2, 0.25) is 5.02 Å². The van der Waals surface area contributed by atoms with Gasteiger partial charge in [-0.2, -0.15) is 0 Å². The summed E-state index contributed by atoms with van der Waals surface area (Å²) in [5.41, 5.74) is 17.6. The molecule has 0 aliphatic heterocycles. The van der Waals surface area contributed by atoms with Crippen molar-refractivity contribution in [1.82, 2.24) is 20.8 Å². The van der Waals surface area contributed by atoms with Gasteiger partial charge in [0.2, 0.25) is 0 Å².